The lowest BCUT2D eigenvalue weighted by Crippen LogP contribution is -2.30. The van der Waals surface area contributed by atoms with Gasteiger partial charge in [0.1, 0.15) is 5.84 Å². The van der Waals surface area contributed by atoms with Crippen LogP contribution in [0.2, 0.25) is 0 Å². The molecule has 0 saturated carbocycles. The smallest absolute Gasteiger partial charge is 0.103 e. The van der Waals surface area contributed by atoms with Gasteiger partial charge in [0.15, 0.2) is 0 Å². The van der Waals surface area contributed by atoms with Gasteiger partial charge in [0.2, 0.25) is 0 Å². The van der Waals surface area contributed by atoms with Gasteiger partial charge in [-0.1, -0.05) is 31.9 Å². The Bertz CT molecular complexity index is 224. The summed E-state index contributed by atoms with van der Waals surface area (Å²) in [4.78, 5) is 6.60. The van der Waals surface area contributed by atoms with Crippen LogP contribution in [0.3, 0.4) is 0 Å². The minimum atomic E-state index is 0.221. The highest BCUT2D eigenvalue weighted by Gasteiger charge is 2.13. The molecule has 1 aliphatic rings. The summed E-state index contributed by atoms with van der Waals surface area (Å²) < 4.78 is 0. The topological polar surface area (TPSA) is 35.8 Å². The van der Waals surface area contributed by atoms with Crippen molar-refractivity contribution < 1.29 is 5.11 Å². The van der Waals surface area contributed by atoms with Crippen molar-refractivity contribution in [1.82, 2.24) is 4.90 Å². The standard InChI is InChI=1S/C12H22N2O/c1-2-3-4-5-6-7-12-13-8-9-14(12)10-11-15/h5-6,15H,2-4,7-11H2,1H3/b6-5+. The molecule has 0 fully saturated rings. The van der Waals surface area contributed by atoms with Gasteiger partial charge in [-0.15, -0.1) is 0 Å². The van der Waals surface area contributed by atoms with Crippen molar-refractivity contribution >= 4 is 5.84 Å². The maximum absolute atomic E-state index is 8.87. The molecule has 0 aromatic rings. The number of nitrogens with zero attached hydrogens (tertiary/aromatic N) is 2. The van der Waals surface area contributed by atoms with E-state index in [2.05, 4.69) is 29.0 Å². The monoisotopic (exact) mass is 210 g/mol. The third-order valence-corrected chi connectivity index (χ3v) is 2.59. The highest BCUT2D eigenvalue weighted by Crippen LogP contribution is 2.06. The Morgan fingerprint density at radius 3 is 3.07 bits per heavy atom. The second-order valence-electron chi connectivity index (χ2n) is 3.83. The average Bonchev–Trinajstić information content (AvgIpc) is 2.66. The first-order valence-corrected chi connectivity index (χ1v) is 5.92. The van der Waals surface area contributed by atoms with E-state index < -0.39 is 0 Å². The molecule has 0 atom stereocenters. The highest BCUT2D eigenvalue weighted by molar-refractivity contribution is 5.85. The molecule has 0 aromatic carbocycles. The fourth-order valence-corrected chi connectivity index (χ4v) is 1.71. The molecule has 0 saturated heterocycles. The van der Waals surface area contributed by atoms with Crippen molar-refractivity contribution in [3.05, 3.63) is 12.2 Å². The van der Waals surface area contributed by atoms with Crippen LogP contribution in [-0.2, 0) is 0 Å². The Hall–Kier alpha value is -0.830. The number of aliphatic hydroxyl groups excluding tert-OH is 1. The van der Waals surface area contributed by atoms with Gasteiger partial charge in [-0.3, -0.25) is 4.99 Å². The molecule has 0 bridgehead atoms. The number of aliphatic imine (C=N–C) groups is 1. The molecule has 3 nitrogen and oxygen atoms in total. The maximum atomic E-state index is 8.87. The lowest BCUT2D eigenvalue weighted by Gasteiger charge is -2.17. The predicted molar refractivity (Wildman–Crippen MR) is 64.2 cm³/mol. The van der Waals surface area contributed by atoms with Gasteiger partial charge in [0, 0.05) is 19.5 Å². The Labute approximate surface area is 92.5 Å². The molecule has 0 spiro atoms. The van der Waals surface area contributed by atoms with Crippen LogP contribution in [0.25, 0.3) is 0 Å². The largest absolute Gasteiger partial charge is 0.395 e. The van der Waals surface area contributed by atoms with Crippen molar-refractivity contribution in [3.63, 3.8) is 0 Å². The molecule has 1 N–H and O–H groups in total. The number of rotatable bonds is 7. The normalized spacial score (nSPS) is 16.4. The second-order valence-corrected chi connectivity index (χ2v) is 3.83. The zero-order valence-corrected chi connectivity index (χ0v) is 9.65. The van der Waals surface area contributed by atoms with E-state index in [4.69, 9.17) is 5.11 Å². The number of hydrogen-bond acceptors (Lipinski definition) is 3. The lowest BCUT2D eigenvalue weighted by atomic mass is 10.2. The molecule has 15 heavy (non-hydrogen) atoms. The van der Waals surface area contributed by atoms with E-state index in [0.717, 1.165) is 31.9 Å². The van der Waals surface area contributed by atoms with Crippen LogP contribution < -0.4 is 0 Å². The first-order valence-electron chi connectivity index (χ1n) is 5.92. The fourth-order valence-electron chi connectivity index (χ4n) is 1.71. The number of amidine groups is 1. The number of hydrogen-bond donors (Lipinski definition) is 1. The van der Waals surface area contributed by atoms with Crippen LogP contribution >= 0.6 is 0 Å². The first kappa shape index (κ1) is 12.2. The van der Waals surface area contributed by atoms with E-state index >= 15 is 0 Å². The zero-order chi connectivity index (χ0) is 10.9. The van der Waals surface area contributed by atoms with Gasteiger partial charge in [0.25, 0.3) is 0 Å². The van der Waals surface area contributed by atoms with E-state index in [1.807, 2.05) is 0 Å². The number of β-amino-alcohol motifs (C(OH)–C–C–N with tert-alkyl or cyclic N) is 1. The third kappa shape index (κ3) is 4.47. The van der Waals surface area contributed by atoms with Crippen LogP contribution in [0.5, 0.6) is 0 Å². The molecule has 0 aromatic heterocycles. The summed E-state index contributed by atoms with van der Waals surface area (Å²) in [5.41, 5.74) is 0. The van der Waals surface area contributed by atoms with Gasteiger partial charge in [-0.2, -0.15) is 0 Å². The van der Waals surface area contributed by atoms with Crippen molar-refractivity contribution in [3.8, 4) is 0 Å². The Morgan fingerprint density at radius 1 is 1.47 bits per heavy atom. The summed E-state index contributed by atoms with van der Waals surface area (Å²) >= 11 is 0. The Balaban J connectivity index is 2.22. The van der Waals surface area contributed by atoms with Crippen LogP contribution in [0.1, 0.15) is 32.6 Å². The quantitative estimate of drug-likeness (QED) is 0.514. The molecule has 0 unspecified atom stereocenters. The molecular formula is C12H22N2O. The maximum Gasteiger partial charge on any atom is 0.103 e. The van der Waals surface area contributed by atoms with Crippen LogP contribution in [0.15, 0.2) is 17.1 Å². The van der Waals surface area contributed by atoms with Gasteiger partial charge in [-0.05, 0) is 6.42 Å². The molecule has 86 valence electrons. The number of aliphatic hydroxyl groups is 1. The molecule has 1 heterocycles. The Morgan fingerprint density at radius 2 is 2.33 bits per heavy atom. The molecule has 0 radical (unpaired) electrons. The van der Waals surface area contributed by atoms with E-state index in [0.29, 0.717) is 0 Å². The van der Waals surface area contributed by atoms with E-state index in [1.54, 1.807) is 0 Å². The van der Waals surface area contributed by atoms with Crippen molar-refractivity contribution in [1.29, 1.82) is 0 Å². The SMILES string of the molecule is CCCC/C=C/CC1=NCCN1CCO. The molecule has 3 heteroatoms. The number of unbranched alkanes of at least 4 members (excludes halogenated alkanes) is 2. The molecular weight excluding hydrogens is 188 g/mol. The van der Waals surface area contributed by atoms with Crippen molar-refractivity contribution in [2.45, 2.75) is 32.6 Å². The van der Waals surface area contributed by atoms with Crippen molar-refractivity contribution in [2.75, 3.05) is 26.2 Å². The first-order chi connectivity index (χ1) is 7.38. The minimum absolute atomic E-state index is 0.221. The van der Waals surface area contributed by atoms with Gasteiger partial charge >= 0.3 is 0 Å². The molecule has 0 amide bonds. The van der Waals surface area contributed by atoms with Gasteiger partial charge in [0.05, 0.1) is 13.2 Å². The number of allylic oxidation sites excluding steroid dienone is 1. The highest BCUT2D eigenvalue weighted by atomic mass is 16.3. The summed E-state index contributed by atoms with van der Waals surface area (Å²) in [5.74, 6) is 1.14. The summed E-state index contributed by atoms with van der Waals surface area (Å²) in [6.45, 7) is 5.01. The van der Waals surface area contributed by atoms with Crippen LogP contribution in [-0.4, -0.2) is 42.1 Å². The Kier molecular flexibility index (Phi) is 6.09. The summed E-state index contributed by atoms with van der Waals surface area (Å²) in [7, 11) is 0. The van der Waals surface area contributed by atoms with Crippen LogP contribution in [0.4, 0.5) is 0 Å². The van der Waals surface area contributed by atoms with Gasteiger partial charge < -0.3 is 10.0 Å². The molecule has 1 rings (SSSR count). The fraction of sp³-hybridized carbons (Fsp3) is 0.750. The predicted octanol–water partition coefficient (Wildman–Crippen LogP) is 1.83. The van der Waals surface area contributed by atoms with Crippen molar-refractivity contribution in [2.24, 2.45) is 4.99 Å². The summed E-state index contributed by atoms with van der Waals surface area (Å²) in [6.07, 6.45) is 9.05. The zero-order valence-electron chi connectivity index (χ0n) is 9.65. The molecule has 1 aliphatic heterocycles. The third-order valence-electron chi connectivity index (χ3n) is 2.59. The minimum Gasteiger partial charge on any atom is -0.395 e. The van der Waals surface area contributed by atoms with Crippen LogP contribution in [0, 0.1) is 0 Å². The average molecular weight is 210 g/mol. The van der Waals surface area contributed by atoms with E-state index in [1.165, 1.54) is 19.3 Å². The van der Waals surface area contributed by atoms with E-state index in [-0.39, 0.29) is 6.61 Å². The lowest BCUT2D eigenvalue weighted by molar-refractivity contribution is 0.255. The molecule has 0 aliphatic carbocycles. The summed E-state index contributed by atoms with van der Waals surface area (Å²) in [6, 6.07) is 0. The summed E-state index contributed by atoms with van der Waals surface area (Å²) in [5, 5.41) is 8.87. The second kappa shape index (κ2) is 7.46. The van der Waals surface area contributed by atoms with E-state index in [9.17, 15) is 0 Å². The van der Waals surface area contributed by atoms with Gasteiger partial charge in [-0.25, -0.2) is 0 Å².